The molecule has 2 aromatic rings. The molecule has 7 nitrogen and oxygen atoms in total. The van der Waals surface area contributed by atoms with Crippen molar-refractivity contribution in [2.45, 2.75) is 13.0 Å². The smallest absolute Gasteiger partial charge is 0.232 e. The van der Waals surface area contributed by atoms with Crippen LogP contribution in [0.5, 0.6) is 11.5 Å². The van der Waals surface area contributed by atoms with Crippen molar-refractivity contribution in [3.05, 3.63) is 53.8 Å². The van der Waals surface area contributed by atoms with Crippen molar-refractivity contribution in [3.8, 4) is 11.5 Å². The van der Waals surface area contributed by atoms with Gasteiger partial charge in [-0.1, -0.05) is 6.07 Å². The molecule has 1 aliphatic rings. The van der Waals surface area contributed by atoms with Crippen molar-refractivity contribution < 1.29 is 27.1 Å². The van der Waals surface area contributed by atoms with Gasteiger partial charge < -0.3 is 14.8 Å². The number of ether oxygens (including phenoxy) is 2. The van der Waals surface area contributed by atoms with E-state index in [0.717, 1.165) is 16.1 Å². The van der Waals surface area contributed by atoms with Crippen molar-refractivity contribution in [1.82, 2.24) is 5.32 Å². The quantitative estimate of drug-likeness (QED) is 0.777. The first kappa shape index (κ1) is 19.0. The fourth-order valence-electron chi connectivity index (χ4n) is 2.64. The molecule has 0 radical (unpaired) electrons. The van der Waals surface area contributed by atoms with E-state index in [-0.39, 0.29) is 32.2 Å². The van der Waals surface area contributed by atoms with E-state index in [1.54, 1.807) is 12.1 Å². The van der Waals surface area contributed by atoms with Crippen LogP contribution in [0.3, 0.4) is 0 Å². The molecule has 0 aromatic heterocycles. The SMILES string of the molecule is CS(=O)(=O)N(CCC(=O)NCc1ccc2c(c1)OCO2)c1ccc(F)cc1. The van der Waals surface area contributed by atoms with Gasteiger partial charge in [0, 0.05) is 19.5 Å². The largest absolute Gasteiger partial charge is 0.454 e. The number of rotatable bonds is 7. The lowest BCUT2D eigenvalue weighted by Gasteiger charge is -2.22. The lowest BCUT2D eigenvalue weighted by atomic mass is 10.2. The van der Waals surface area contributed by atoms with E-state index in [1.807, 2.05) is 6.07 Å². The molecule has 1 aliphatic heterocycles. The molecule has 9 heteroatoms. The first-order valence-corrected chi connectivity index (χ1v) is 10.1. The normalized spacial score (nSPS) is 12.7. The van der Waals surface area contributed by atoms with Crippen molar-refractivity contribution in [3.63, 3.8) is 0 Å². The molecule has 1 heterocycles. The summed E-state index contributed by atoms with van der Waals surface area (Å²) in [6.45, 7) is 0.415. The molecular formula is C18H19FN2O5S. The Morgan fingerprint density at radius 3 is 2.56 bits per heavy atom. The number of hydrogen-bond donors (Lipinski definition) is 1. The number of nitrogens with zero attached hydrogens (tertiary/aromatic N) is 1. The van der Waals surface area contributed by atoms with Crippen LogP contribution in [0.2, 0.25) is 0 Å². The summed E-state index contributed by atoms with van der Waals surface area (Å²) in [6.07, 6.45) is 1.01. The molecule has 3 rings (SSSR count). The van der Waals surface area contributed by atoms with Crippen LogP contribution in [-0.2, 0) is 21.4 Å². The van der Waals surface area contributed by atoms with Crippen LogP contribution in [0.25, 0.3) is 0 Å². The Morgan fingerprint density at radius 2 is 1.85 bits per heavy atom. The van der Waals surface area contributed by atoms with Gasteiger partial charge in [0.05, 0.1) is 11.9 Å². The van der Waals surface area contributed by atoms with Crippen LogP contribution < -0.4 is 19.1 Å². The summed E-state index contributed by atoms with van der Waals surface area (Å²) in [4.78, 5) is 12.1. The Balaban J connectivity index is 1.57. The maximum absolute atomic E-state index is 13.1. The minimum absolute atomic E-state index is 0.0327. The highest BCUT2D eigenvalue weighted by molar-refractivity contribution is 7.92. The lowest BCUT2D eigenvalue weighted by molar-refractivity contribution is -0.121. The van der Waals surface area contributed by atoms with E-state index in [9.17, 15) is 17.6 Å². The third-order valence-corrected chi connectivity index (χ3v) is 5.18. The summed E-state index contributed by atoms with van der Waals surface area (Å²) < 4.78 is 48.6. The molecule has 1 N–H and O–H groups in total. The highest BCUT2D eigenvalue weighted by Crippen LogP contribution is 2.32. The van der Waals surface area contributed by atoms with Gasteiger partial charge in [0.15, 0.2) is 11.5 Å². The Hall–Kier alpha value is -2.81. The molecule has 27 heavy (non-hydrogen) atoms. The molecule has 1 amide bonds. The van der Waals surface area contributed by atoms with E-state index in [0.29, 0.717) is 17.2 Å². The first-order valence-electron chi connectivity index (χ1n) is 8.21. The molecule has 0 atom stereocenters. The van der Waals surface area contributed by atoms with E-state index >= 15 is 0 Å². The predicted octanol–water partition coefficient (Wildman–Crippen LogP) is 2.03. The summed E-state index contributed by atoms with van der Waals surface area (Å²) in [7, 11) is -3.60. The van der Waals surface area contributed by atoms with E-state index in [2.05, 4.69) is 5.32 Å². The van der Waals surface area contributed by atoms with Crippen molar-refractivity contribution in [2.24, 2.45) is 0 Å². The average Bonchev–Trinajstić information content (AvgIpc) is 3.08. The van der Waals surface area contributed by atoms with Gasteiger partial charge in [-0.25, -0.2) is 12.8 Å². The number of halogens is 1. The number of hydrogen-bond acceptors (Lipinski definition) is 5. The van der Waals surface area contributed by atoms with Gasteiger partial charge in [0.25, 0.3) is 0 Å². The summed E-state index contributed by atoms with van der Waals surface area (Å²) in [5.41, 5.74) is 1.15. The second-order valence-corrected chi connectivity index (χ2v) is 7.93. The third-order valence-electron chi connectivity index (χ3n) is 3.98. The maximum Gasteiger partial charge on any atom is 0.232 e. The molecule has 0 fully saturated rings. The number of nitrogens with one attached hydrogen (secondary N) is 1. The minimum Gasteiger partial charge on any atom is -0.454 e. The number of carbonyl (C=O) groups is 1. The second-order valence-electron chi connectivity index (χ2n) is 6.03. The topological polar surface area (TPSA) is 84.9 Å². The van der Waals surface area contributed by atoms with Crippen LogP contribution in [0.1, 0.15) is 12.0 Å². The van der Waals surface area contributed by atoms with Crippen molar-refractivity contribution in [2.75, 3.05) is 23.9 Å². The average molecular weight is 394 g/mol. The molecule has 0 aliphatic carbocycles. The van der Waals surface area contributed by atoms with Gasteiger partial charge in [-0.2, -0.15) is 0 Å². The van der Waals surface area contributed by atoms with Gasteiger partial charge >= 0.3 is 0 Å². The van der Waals surface area contributed by atoms with Crippen LogP contribution in [0.15, 0.2) is 42.5 Å². The molecule has 0 saturated carbocycles. The van der Waals surface area contributed by atoms with E-state index in [4.69, 9.17) is 9.47 Å². The first-order chi connectivity index (χ1) is 12.8. The van der Waals surface area contributed by atoms with Gasteiger partial charge in [-0.3, -0.25) is 9.10 Å². The number of fused-ring (bicyclic) bond motifs is 1. The number of amides is 1. The standard InChI is InChI=1S/C18H19FN2O5S/c1-27(23,24)21(15-5-3-14(19)4-6-15)9-8-18(22)20-11-13-2-7-16-17(10-13)26-12-25-16/h2-7,10H,8-9,11-12H2,1H3,(H,20,22). The Morgan fingerprint density at radius 1 is 1.15 bits per heavy atom. The maximum atomic E-state index is 13.1. The zero-order valence-electron chi connectivity index (χ0n) is 14.6. The van der Waals surface area contributed by atoms with Gasteiger partial charge in [0.2, 0.25) is 22.7 Å². The van der Waals surface area contributed by atoms with Crippen molar-refractivity contribution >= 4 is 21.6 Å². The van der Waals surface area contributed by atoms with Crippen LogP contribution >= 0.6 is 0 Å². The predicted molar refractivity (Wildman–Crippen MR) is 97.6 cm³/mol. The minimum atomic E-state index is -3.60. The fraction of sp³-hybridized carbons (Fsp3) is 0.278. The van der Waals surface area contributed by atoms with Crippen LogP contribution in [0.4, 0.5) is 10.1 Å². The van der Waals surface area contributed by atoms with Crippen LogP contribution in [-0.4, -0.2) is 33.9 Å². The summed E-state index contributed by atoms with van der Waals surface area (Å²) in [5.74, 6) is 0.520. The number of sulfonamides is 1. The number of carbonyl (C=O) groups excluding carboxylic acids is 1. The molecular weight excluding hydrogens is 375 g/mol. The highest BCUT2D eigenvalue weighted by Gasteiger charge is 2.19. The lowest BCUT2D eigenvalue weighted by Crippen LogP contribution is -2.34. The Bertz CT molecular complexity index is 931. The van der Waals surface area contributed by atoms with E-state index < -0.39 is 15.8 Å². The third kappa shape index (κ3) is 4.88. The summed E-state index contributed by atoms with van der Waals surface area (Å²) >= 11 is 0. The highest BCUT2D eigenvalue weighted by atomic mass is 32.2. The number of benzene rings is 2. The molecule has 2 aromatic carbocycles. The zero-order chi connectivity index (χ0) is 19.4. The summed E-state index contributed by atoms with van der Waals surface area (Å²) in [6, 6.07) is 10.4. The zero-order valence-corrected chi connectivity index (χ0v) is 15.5. The fourth-order valence-corrected chi connectivity index (χ4v) is 3.56. The molecule has 0 spiro atoms. The van der Waals surface area contributed by atoms with E-state index in [1.165, 1.54) is 24.3 Å². The van der Waals surface area contributed by atoms with Crippen molar-refractivity contribution in [1.29, 1.82) is 0 Å². The molecule has 0 unspecified atom stereocenters. The van der Waals surface area contributed by atoms with Gasteiger partial charge in [-0.05, 0) is 42.0 Å². The molecule has 0 bridgehead atoms. The molecule has 144 valence electrons. The van der Waals surface area contributed by atoms with Crippen LogP contribution in [0, 0.1) is 5.82 Å². The monoisotopic (exact) mass is 394 g/mol. The molecule has 0 saturated heterocycles. The number of anilines is 1. The Labute approximate surface area is 156 Å². The van der Waals surface area contributed by atoms with Gasteiger partial charge in [0.1, 0.15) is 5.82 Å². The second kappa shape index (κ2) is 7.83. The summed E-state index contributed by atoms with van der Waals surface area (Å²) in [5, 5.41) is 2.74. The van der Waals surface area contributed by atoms with Gasteiger partial charge in [-0.15, -0.1) is 0 Å². The Kier molecular flexibility index (Phi) is 5.50.